The Bertz CT molecular complexity index is 520. The van der Waals surface area contributed by atoms with E-state index in [0.717, 1.165) is 17.9 Å². The summed E-state index contributed by atoms with van der Waals surface area (Å²) in [5.74, 6) is 2.00. The number of halogens is 1. The largest absolute Gasteiger partial charge is 0.457 e. The molecule has 0 fully saturated rings. The van der Waals surface area contributed by atoms with Crippen LogP contribution in [0.1, 0.15) is 16.7 Å². The van der Waals surface area contributed by atoms with Gasteiger partial charge in [-0.05, 0) is 30.2 Å². The van der Waals surface area contributed by atoms with Crippen LogP contribution in [-0.4, -0.2) is 0 Å². The van der Waals surface area contributed by atoms with Gasteiger partial charge in [-0.15, -0.1) is 12.4 Å². The highest BCUT2D eigenvalue weighted by atomic mass is 35.5. The molecule has 2 aromatic carbocycles. The van der Waals surface area contributed by atoms with Gasteiger partial charge < -0.3 is 4.74 Å². The number of ether oxygens (including phenoxy) is 1. The zero-order chi connectivity index (χ0) is 10.3. The Balaban J connectivity index is 0.000000963. The molecule has 0 amide bonds. The topological polar surface area (TPSA) is 9.23 Å². The summed E-state index contributed by atoms with van der Waals surface area (Å²) in [5.41, 5.74) is 3.90. The van der Waals surface area contributed by atoms with Crippen LogP contribution in [0.25, 0.3) is 0 Å². The highest BCUT2D eigenvalue weighted by molar-refractivity contribution is 5.85. The number of para-hydroxylation sites is 1. The van der Waals surface area contributed by atoms with Gasteiger partial charge in [0.05, 0.1) is 0 Å². The smallest absolute Gasteiger partial charge is 0.131 e. The van der Waals surface area contributed by atoms with Gasteiger partial charge in [0.25, 0.3) is 0 Å². The van der Waals surface area contributed by atoms with Gasteiger partial charge in [-0.25, -0.2) is 0 Å². The quantitative estimate of drug-likeness (QED) is 0.567. The van der Waals surface area contributed by atoms with Gasteiger partial charge in [0, 0.05) is 12.0 Å². The van der Waals surface area contributed by atoms with Crippen molar-refractivity contribution in [2.75, 3.05) is 0 Å². The SMILES string of the molecule is Cc1cccc2c1Cc1ccccc1O2.Cl. The molecule has 0 aliphatic carbocycles. The predicted octanol–water partition coefficient (Wildman–Crippen LogP) is 4.11. The maximum atomic E-state index is 5.86. The Morgan fingerprint density at radius 1 is 0.938 bits per heavy atom. The van der Waals surface area contributed by atoms with Crippen molar-refractivity contribution >= 4 is 12.4 Å². The molecule has 0 N–H and O–H groups in total. The summed E-state index contributed by atoms with van der Waals surface area (Å²) < 4.78 is 5.86. The van der Waals surface area contributed by atoms with Gasteiger partial charge in [-0.1, -0.05) is 30.3 Å². The van der Waals surface area contributed by atoms with Crippen molar-refractivity contribution in [3.05, 3.63) is 59.2 Å². The van der Waals surface area contributed by atoms with E-state index < -0.39 is 0 Å². The molecule has 1 heterocycles. The number of hydrogen-bond donors (Lipinski definition) is 0. The molecule has 0 atom stereocenters. The lowest BCUT2D eigenvalue weighted by Gasteiger charge is -2.21. The van der Waals surface area contributed by atoms with Crippen molar-refractivity contribution in [2.45, 2.75) is 13.3 Å². The van der Waals surface area contributed by atoms with Crippen LogP contribution >= 0.6 is 12.4 Å². The van der Waals surface area contributed by atoms with E-state index in [1.54, 1.807) is 0 Å². The lowest BCUT2D eigenvalue weighted by Crippen LogP contribution is -2.04. The minimum Gasteiger partial charge on any atom is -0.457 e. The van der Waals surface area contributed by atoms with Crippen LogP contribution in [0.5, 0.6) is 11.5 Å². The molecule has 82 valence electrons. The maximum Gasteiger partial charge on any atom is 0.131 e. The summed E-state index contributed by atoms with van der Waals surface area (Å²) in [5, 5.41) is 0. The maximum absolute atomic E-state index is 5.86. The van der Waals surface area contributed by atoms with Crippen LogP contribution in [0.15, 0.2) is 42.5 Å². The Labute approximate surface area is 101 Å². The van der Waals surface area contributed by atoms with Gasteiger partial charge in [-0.3, -0.25) is 0 Å². The lowest BCUT2D eigenvalue weighted by atomic mass is 9.97. The first-order chi connectivity index (χ1) is 7.34. The second kappa shape index (κ2) is 4.18. The third-order valence-electron chi connectivity index (χ3n) is 2.93. The summed E-state index contributed by atoms with van der Waals surface area (Å²) in [4.78, 5) is 0. The van der Waals surface area contributed by atoms with E-state index in [1.165, 1.54) is 16.7 Å². The van der Waals surface area contributed by atoms with Crippen LogP contribution < -0.4 is 4.74 Å². The third-order valence-corrected chi connectivity index (χ3v) is 2.93. The molecule has 0 radical (unpaired) electrons. The van der Waals surface area contributed by atoms with Crippen molar-refractivity contribution in [2.24, 2.45) is 0 Å². The molecule has 1 aliphatic rings. The van der Waals surface area contributed by atoms with Crippen LogP contribution in [0.4, 0.5) is 0 Å². The standard InChI is InChI=1S/C14H12O.ClH/c1-10-5-4-8-14-12(10)9-11-6-2-3-7-13(11)15-14;/h2-8H,9H2,1H3;1H. The van der Waals surface area contributed by atoms with Crippen LogP contribution in [0.2, 0.25) is 0 Å². The van der Waals surface area contributed by atoms with E-state index in [1.807, 2.05) is 24.3 Å². The zero-order valence-corrected chi connectivity index (χ0v) is 9.88. The van der Waals surface area contributed by atoms with Gasteiger partial charge in [0.15, 0.2) is 0 Å². The normalized spacial score (nSPS) is 11.8. The molecule has 1 aliphatic heterocycles. The summed E-state index contributed by atoms with van der Waals surface area (Å²) in [6.45, 7) is 2.14. The number of benzene rings is 2. The fraction of sp³-hybridized carbons (Fsp3) is 0.143. The molecule has 2 aromatic rings. The third kappa shape index (κ3) is 1.68. The average molecular weight is 233 g/mol. The molecule has 0 spiro atoms. The van der Waals surface area contributed by atoms with Crippen molar-refractivity contribution in [3.63, 3.8) is 0 Å². The Morgan fingerprint density at radius 3 is 2.56 bits per heavy atom. The van der Waals surface area contributed by atoms with Gasteiger partial charge in [-0.2, -0.15) is 0 Å². The summed E-state index contributed by atoms with van der Waals surface area (Å²) in [7, 11) is 0. The lowest BCUT2D eigenvalue weighted by molar-refractivity contribution is 0.459. The average Bonchev–Trinajstić information content (AvgIpc) is 2.27. The van der Waals surface area contributed by atoms with E-state index in [-0.39, 0.29) is 12.4 Å². The summed E-state index contributed by atoms with van der Waals surface area (Å²) >= 11 is 0. The Hall–Kier alpha value is -1.47. The minimum atomic E-state index is 0. The molecular weight excluding hydrogens is 220 g/mol. The number of rotatable bonds is 0. The molecule has 0 unspecified atom stereocenters. The summed E-state index contributed by atoms with van der Waals surface area (Å²) in [6.07, 6.45) is 0.984. The second-order valence-electron chi connectivity index (χ2n) is 3.94. The minimum absolute atomic E-state index is 0. The zero-order valence-electron chi connectivity index (χ0n) is 9.07. The van der Waals surface area contributed by atoms with Crippen molar-refractivity contribution in [1.82, 2.24) is 0 Å². The van der Waals surface area contributed by atoms with E-state index in [4.69, 9.17) is 4.74 Å². The van der Waals surface area contributed by atoms with Crippen LogP contribution in [-0.2, 0) is 6.42 Å². The Kier molecular flexibility index (Phi) is 2.88. The summed E-state index contributed by atoms with van der Waals surface area (Å²) in [6, 6.07) is 14.5. The van der Waals surface area contributed by atoms with Crippen LogP contribution in [0.3, 0.4) is 0 Å². The van der Waals surface area contributed by atoms with Crippen molar-refractivity contribution < 1.29 is 4.74 Å². The fourth-order valence-corrected chi connectivity index (χ4v) is 2.06. The monoisotopic (exact) mass is 232 g/mol. The molecule has 1 nitrogen and oxygen atoms in total. The van der Waals surface area contributed by atoms with Crippen molar-refractivity contribution in [3.8, 4) is 11.5 Å². The molecule has 2 heteroatoms. The second-order valence-corrected chi connectivity index (χ2v) is 3.94. The van der Waals surface area contributed by atoms with E-state index in [0.29, 0.717) is 0 Å². The fourth-order valence-electron chi connectivity index (χ4n) is 2.06. The number of fused-ring (bicyclic) bond motifs is 2. The first-order valence-corrected chi connectivity index (χ1v) is 5.19. The first kappa shape index (κ1) is 11.0. The molecule has 16 heavy (non-hydrogen) atoms. The molecule has 0 saturated heterocycles. The van der Waals surface area contributed by atoms with E-state index in [9.17, 15) is 0 Å². The first-order valence-electron chi connectivity index (χ1n) is 5.19. The molecule has 3 rings (SSSR count). The molecule has 0 bridgehead atoms. The number of aryl methyl sites for hydroxylation is 1. The van der Waals surface area contributed by atoms with Gasteiger partial charge >= 0.3 is 0 Å². The highest BCUT2D eigenvalue weighted by Crippen LogP contribution is 2.37. The van der Waals surface area contributed by atoms with E-state index in [2.05, 4.69) is 25.1 Å². The van der Waals surface area contributed by atoms with E-state index >= 15 is 0 Å². The number of hydrogen-bond acceptors (Lipinski definition) is 1. The highest BCUT2D eigenvalue weighted by Gasteiger charge is 2.16. The Morgan fingerprint density at radius 2 is 1.69 bits per heavy atom. The van der Waals surface area contributed by atoms with Crippen molar-refractivity contribution in [1.29, 1.82) is 0 Å². The van der Waals surface area contributed by atoms with Gasteiger partial charge in [0.1, 0.15) is 11.5 Å². The molecule has 0 saturated carbocycles. The predicted molar refractivity (Wildman–Crippen MR) is 67.7 cm³/mol. The van der Waals surface area contributed by atoms with Gasteiger partial charge in [0.2, 0.25) is 0 Å². The molecule has 0 aromatic heterocycles. The molecular formula is C14H13ClO. The van der Waals surface area contributed by atoms with Crippen LogP contribution in [0, 0.1) is 6.92 Å².